The van der Waals surface area contributed by atoms with Gasteiger partial charge in [-0.3, -0.25) is 9.59 Å². The summed E-state index contributed by atoms with van der Waals surface area (Å²) in [7, 11) is 0. The van der Waals surface area contributed by atoms with Gasteiger partial charge in [-0.15, -0.1) is 0 Å². The van der Waals surface area contributed by atoms with Gasteiger partial charge in [0.15, 0.2) is 12.4 Å². The van der Waals surface area contributed by atoms with Crippen LogP contribution in [0.3, 0.4) is 0 Å². The fourth-order valence-electron chi connectivity index (χ4n) is 1.79. The molecule has 0 aliphatic rings. The second-order valence-electron chi connectivity index (χ2n) is 4.73. The van der Waals surface area contributed by atoms with E-state index in [1.807, 2.05) is 6.92 Å². The summed E-state index contributed by atoms with van der Waals surface area (Å²) in [5, 5.41) is 3.52. The van der Waals surface area contributed by atoms with Gasteiger partial charge in [0.05, 0.1) is 10.0 Å². The maximum absolute atomic E-state index is 11.9. The molecule has 0 fully saturated rings. The molecule has 0 saturated heterocycles. The van der Waals surface area contributed by atoms with Gasteiger partial charge in [0.2, 0.25) is 0 Å². The Labute approximate surface area is 148 Å². The molecule has 2 aromatic carbocycles. The maximum Gasteiger partial charge on any atom is 0.262 e. The highest BCUT2D eigenvalue weighted by Gasteiger charge is 2.12. The minimum atomic E-state index is -0.392. The summed E-state index contributed by atoms with van der Waals surface area (Å²) < 4.78 is 5.33. The lowest BCUT2D eigenvalue weighted by molar-refractivity contribution is -0.118. The number of anilines is 1. The van der Waals surface area contributed by atoms with Gasteiger partial charge in [-0.2, -0.15) is 0 Å². The van der Waals surface area contributed by atoms with E-state index >= 15 is 0 Å². The molecule has 0 aliphatic carbocycles. The standard InChI is InChI=1S/C16H12Cl3NO3/c1-9-2-3-11(6-12(9)17)20-15(22)8-23-16-13(18)4-10(7-21)5-14(16)19/h2-7H,8H2,1H3,(H,20,22). The molecule has 23 heavy (non-hydrogen) atoms. The van der Waals surface area contributed by atoms with Crippen molar-refractivity contribution in [3.05, 3.63) is 56.5 Å². The van der Waals surface area contributed by atoms with Crippen LogP contribution in [0.5, 0.6) is 5.75 Å². The van der Waals surface area contributed by atoms with Crippen LogP contribution in [0, 0.1) is 6.92 Å². The zero-order chi connectivity index (χ0) is 17.0. The number of ether oxygens (including phenoxy) is 1. The topological polar surface area (TPSA) is 55.4 Å². The molecule has 0 aromatic heterocycles. The lowest BCUT2D eigenvalue weighted by Gasteiger charge is -2.11. The molecule has 2 rings (SSSR count). The summed E-state index contributed by atoms with van der Waals surface area (Å²) in [4.78, 5) is 22.6. The number of halogens is 3. The fourth-order valence-corrected chi connectivity index (χ4v) is 2.58. The Balaban J connectivity index is 2.02. The first kappa shape index (κ1) is 17.6. The highest BCUT2D eigenvalue weighted by molar-refractivity contribution is 6.37. The molecule has 0 bridgehead atoms. The van der Waals surface area contributed by atoms with E-state index in [-0.39, 0.29) is 22.4 Å². The van der Waals surface area contributed by atoms with Gasteiger partial charge in [-0.25, -0.2) is 0 Å². The summed E-state index contributed by atoms with van der Waals surface area (Å²) in [6.07, 6.45) is 0.620. The van der Waals surface area contributed by atoms with Gasteiger partial charge < -0.3 is 10.1 Å². The monoisotopic (exact) mass is 371 g/mol. The quantitative estimate of drug-likeness (QED) is 0.768. The van der Waals surface area contributed by atoms with E-state index in [1.54, 1.807) is 18.2 Å². The number of carbonyl (C=O) groups excluding carboxylic acids is 2. The smallest absolute Gasteiger partial charge is 0.262 e. The second kappa shape index (κ2) is 7.68. The van der Waals surface area contributed by atoms with Gasteiger partial charge in [-0.05, 0) is 36.8 Å². The third-order valence-electron chi connectivity index (χ3n) is 2.96. The summed E-state index contributed by atoms with van der Waals surface area (Å²) in [6.45, 7) is 1.58. The SMILES string of the molecule is Cc1ccc(NC(=O)COc2c(Cl)cc(C=O)cc2Cl)cc1Cl. The second-order valence-corrected chi connectivity index (χ2v) is 5.95. The number of nitrogens with one attached hydrogen (secondary N) is 1. The Morgan fingerprint density at radius 2 is 1.78 bits per heavy atom. The Morgan fingerprint density at radius 3 is 2.35 bits per heavy atom. The van der Waals surface area contributed by atoms with Crippen molar-refractivity contribution < 1.29 is 14.3 Å². The molecule has 4 nitrogen and oxygen atoms in total. The highest BCUT2D eigenvalue weighted by atomic mass is 35.5. The van der Waals surface area contributed by atoms with Crippen molar-refractivity contribution in [2.45, 2.75) is 6.92 Å². The van der Waals surface area contributed by atoms with Crippen LogP contribution in [0.25, 0.3) is 0 Å². The van der Waals surface area contributed by atoms with E-state index in [2.05, 4.69) is 5.32 Å². The van der Waals surface area contributed by atoms with Crippen molar-refractivity contribution in [3.63, 3.8) is 0 Å². The van der Waals surface area contributed by atoms with Crippen LogP contribution in [-0.4, -0.2) is 18.8 Å². The lowest BCUT2D eigenvalue weighted by Crippen LogP contribution is -2.20. The number of aryl methyl sites for hydroxylation is 1. The zero-order valence-corrected chi connectivity index (χ0v) is 14.3. The molecule has 1 N–H and O–H groups in total. The Bertz CT molecular complexity index is 739. The van der Waals surface area contributed by atoms with Gasteiger partial charge in [0.1, 0.15) is 6.29 Å². The third-order valence-corrected chi connectivity index (χ3v) is 3.93. The molecule has 7 heteroatoms. The van der Waals surface area contributed by atoms with Crippen LogP contribution in [0.1, 0.15) is 15.9 Å². The van der Waals surface area contributed by atoms with E-state index < -0.39 is 5.91 Å². The number of rotatable bonds is 5. The van der Waals surface area contributed by atoms with E-state index in [4.69, 9.17) is 39.5 Å². The molecule has 0 spiro atoms. The molecule has 0 saturated carbocycles. The fraction of sp³-hybridized carbons (Fsp3) is 0.125. The van der Waals surface area contributed by atoms with Gasteiger partial charge in [-0.1, -0.05) is 40.9 Å². The molecule has 0 atom stereocenters. The molecular weight excluding hydrogens is 361 g/mol. The minimum absolute atomic E-state index is 0.149. The Morgan fingerprint density at radius 1 is 1.13 bits per heavy atom. The molecule has 1 amide bonds. The van der Waals surface area contributed by atoms with E-state index in [0.29, 0.717) is 22.6 Å². The van der Waals surface area contributed by atoms with E-state index in [1.165, 1.54) is 12.1 Å². The minimum Gasteiger partial charge on any atom is -0.481 e. The number of benzene rings is 2. The van der Waals surface area contributed by atoms with Crippen LogP contribution >= 0.6 is 34.8 Å². The van der Waals surface area contributed by atoms with Gasteiger partial charge >= 0.3 is 0 Å². The molecule has 0 unspecified atom stereocenters. The average molecular weight is 373 g/mol. The van der Waals surface area contributed by atoms with E-state index in [0.717, 1.165) is 5.56 Å². The number of aldehydes is 1. The van der Waals surface area contributed by atoms with E-state index in [9.17, 15) is 9.59 Å². The summed E-state index contributed by atoms with van der Waals surface area (Å²) in [5.41, 5.74) is 1.79. The largest absolute Gasteiger partial charge is 0.481 e. The van der Waals surface area contributed by atoms with Crippen molar-refractivity contribution in [3.8, 4) is 5.75 Å². The third kappa shape index (κ3) is 4.61. The average Bonchev–Trinajstić information content (AvgIpc) is 2.50. The van der Waals surface area contributed by atoms with Crippen molar-refractivity contribution in [2.24, 2.45) is 0 Å². The number of carbonyl (C=O) groups is 2. The maximum atomic E-state index is 11.9. The van der Waals surface area contributed by atoms with Crippen molar-refractivity contribution >= 4 is 52.7 Å². The molecule has 0 heterocycles. The van der Waals surface area contributed by atoms with Gasteiger partial charge in [0, 0.05) is 16.3 Å². The summed E-state index contributed by atoms with van der Waals surface area (Å²) >= 11 is 18.0. The number of hydrogen-bond acceptors (Lipinski definition) is 3. The Hall–Kier alpha value is -1.75. The van der Waals surface area contributed by atoms with Crippen molar-refractivity contribution in [1.82, 2.24) is 0 Å². The predicted molar refractivity (Wildman–Crippen MR) is 92.2 cm³/mol. The molecular formula is C16H12Cl3NO3. The first-order chi connectivity index (χ1) is 10.9. The first-order valence-electron chi connectivity index (χ1n) is 6.53. The van der Waals surface area contributed by atoms with Crippen LogP contribution in [0.2, 0.25) is 15.1 Å². The molecule has 2 aromatic rings. The van der Waals surface area contributed by atoms with Crippen LogP contribution in [-0.2, 0) is 4.79 Å². The van der Waals surface area contributed by atoms with Crippen LogP contribution in [0.15, 0.2) is 30.3 Å². The zero-order valence-electron chi connectivity index (χ0n) is 12.0. The molecule has 0 radical (unpaired) electrons. The normalized spacial score (nSPS) is 10.3. The summed E-state index contributed by atoms with van der Waals surface area (Å²) in [5.74, 6) is -0.243. The van der Waals surface area contributed by atoms with Crippen molar-refractivity contribution in [2.75, 3.05) is 11.9 Å². The lowest BCUT2D eigenvalue weighted by atomic mass is 10.2. The first-order valence-corrected chi connectivity index (χ1v) is 7.67. The van der Waals surface area contributed by atoms with Crippen LogP contribution in [0.4, 0.5) is 5.69 Å². The van der Waals surface area contributed by atoms with Gasteiger partial charge in [0.25, 0.3) is 5.91 Å². The Kier molecular flexibility index (Phi) is 5.88. The summed E-state index contributed by atoms with van der Waals surface area (Å²) in [6, 6.07) is 8.00. The van der Waals surface area contributed by atoms with Crippen LogP contribution < -0.4 is 10.1 Å². The number of amides is 1. The molecule has 120 valence electrons. The number of hydrogen-bond donors (Lipinski definition) is 1. The molecule has 0 aliphatic heterocycles. The van der Waals surface area contributed by atoms with Crippen molar-refractivity contribution in [1.29, 1.82) is 0 Å². The highest BCUT2D eigenvalue weighted by Crippen LogP contribution is 2.33. The predicted octanol–water partition coefficient (Wildman–Crippen LogP) is 4.79.